The first kappa shape index (κ1) is 8.97. The zero-order valence-corrected chi connectivity index (χ0v) is 7.83. The SMILES string of the molecule is NC(=O)CNC1CCN(C2CC2)C1. The standard InChI is InChI=1S/C9H17N3O/c10-9(13)5-11-7-3-4-12(6-7)8-1-2-8/h7-8,11H,1-6H2,(H2,10,13). The highest BCUT2D eigenvalue weighted by Crippen LogP contribution is 2.29. The number of primary amides is 1. The number of hydrogen-bond acceptors (Lipinski definition) is 3. The number of nitrogens with one attached hydrogen (secondary N) is 1. The lowest BCUT2D eigenvalue weighted by molar-refractivity contribution is -0.117. The maximum absolute atomic E-state index is 10.5. The Morgan fingerprint density at radius 3 is 2.85 bits per heavy atom. The summed E-state index contributed by atoms with van der Waals surface area (Å²) in [6.45, 7) is 2.60. The van der Waals surface area contributed by atoms with Crippen LogP contribution in [0.4, 0.5) is 0 Å². The van der Waals surface area contributed by atoms with Crippen LogP contribution in [-0.4, -0.2) is 42.5 Å². The second kappa shape index (κ2) is 3.64. The zero-order chi connectivity index (χ0) is 9.26. The van der Waals surface area contributed by atoms with Gasteiger partial charge in [-0.1, -0.05) is 0 Å². The Morgan fingerprint density at radius 2 is 2.23 bits per heavy atom. The first-order valence-electron chi connectivity index (χ1n) is 5.01. The molecule has 74 valence electrons. The van der Waals surface area contributed by atoms with Gasteiger partial charge in [0, 0.05) is 25.2 Å². The highest BCUT2D eigenvalue weighted by molar-refractivity contribution is 5.75. The molecule has 2 rings (SSSR count). The minimum absolute atomic E-state index is 0.259. The van der Waals surface area contributed by atoms with Crippen LogP contribution in [0.1, 0.15) is 19.3 Å². The average molecular weight is 183 g/mol. The lowest BCUT2D eigenvalue weighted by Gasteiger charge is -2.14. The number of nitrogens with zero attached hydrogens (tertiary/aromatic N) is 1. The summed E-state index contributed by atoms with van der Waals surface area (Å²) < 4.78 is 0. The highest BCUT2D eigenvalue weighted by Gasteiger charge is 2.34. The van der Waals surface area contributed by atoms with Crippen molar-refractivity contribution in [2.24, 2.45) is 5.73 Å². The highest BCUT2D eigenvalue weighted by atomic mass is 16.1. The van der Waals surface area contributed by atoms with E-state index in [1.54, 1.807) is 0 Å². The van der Waals surface area contributed by atoms with Gasteiger partial charge >= 0.3 is 0 Å². The zero-order valence-electron chi connectivity index (χ0n) is 7.83. The Labute approximate surface area is 78.5 Å². The van der Waals surface area contributed by atoms with E-state index in [1.807, 2.05) is 0 Å². The number of likely N-dealkylation sites (tertiary alicyclic amines) is 1. The summed E-state index contributed by atoms with van der Waals surface area (Å²) in [5.41, 5.74) is 5.06. The Balaban J connectivity index is 1.68. The minimum Gasteiger partial charge on any atom is -0.369 e. The molecular formula is C9H17N3O. The fourth-order valence-electron chi connectivity index (χ4n) is 1.97. The molecule has 4 nitrogen and oxygen atoms in total. The van der Waals surface area contributed by atoms with Crippen LogP contribution < -0.4 is 11.1 Å². The summed E-state index contributed by atoms with van der Waals surface area (Å²) in [4.78, 5) is 13.0. The molecule has 1 heterocycles. The van der Waals surface area contributed by atoms with Gasteiger partial charge in [0.2, 0.25) is 5.91 Å². The fraction of sp³-hybridized carbons (Fsp3) is 0.889. The third-order valence-corrected chi connectivity index (χ3v) is 2.85. The number of amides is 1. The van der Waals surface area contributed by atoms with Gasteiger partial charge in [0.05, 0.1) is 6.54 Å². The van der Waals surface area contributed by atoms with E-state index in [0.717, 1.165) is 19.0 Å². The summed E-state index contributed by atoms with van der Waals surface area (Å²) in [6.07, 6.45) is 3.88. The number of hydrogen-bond donors (Lipinski definition) is 2. The van der Waals surface area contributed by atoms with Gasteiger partial charge in [-0.2, -0.15) is 0 Å². The van der Waals surface area contributed by atoms with Crippen LogP contribution in [0.2, 0.25) is 0 Å². The first-order valence-corrected chi connectivity index (χ1v) is 5.01. The quantitative estimate of drug-likeness (QED) is 0.606. The van der Waals surface area contributed by atoms with Crippen LogP contribution in [0.3, 0.4) is 0 Å². The molecule has 13 heavy (non-hydrogen) atoms. The number of rotatable bonds is 4. The molecule has 1 saturated heterocycles. The third kappa shape index (κ3) is 2.42. The van der Waals surface area contributed by atoms with Crippen molar-refractivity contribution in [3.8, 4) is 0 Å². The molecule has 0 aromatic heterocycles. The van der Waals surface area contributed by atoms with Crippen molar-refractivity contribution in [2.45, 2.75) is 31.3 Å². The van der Waals surface area contributed by atoms with E-state index in [4.69, 9.17) is 5.73 Å². The van der Waals surface area contributed by atoms with Gasteiger partial charge in [-0.3, -0.25) is 9.69 Å². The van der Waals surface area contributed by atoms with Crippen LogP contribution in [0.25, 0.3) is 0 Å². The van der Waals surface area contributed by atoms with E-state index in [-0.39, 0.29) is 5.91 Å². The van der Waals surface area contributed by atoms with E-state index in [9.17, 15) is 4.79 Å². The van der Waals surface area contributed by atoms with Crippen LogP contribution in [0.15, 0.2) is 0 Å². The van der Waals surface area contributed by atoms with Gasteiger partial charge in [0.25, 0.3) is 0 Å². The van der Waals surface area contributed by atoms with Crippen molar-refractivity contribution >= 4 is 5.91 Å². The molecule has 4 heteroatoms. The summed E-state index contributed by atoms with van der Waals surface area (Å²) in [5.74, 6) is -0.259. The molecule has 2 aliphatic rings. The molecule has 1 amide bonds. The molecule has 0 bridgehead atoms. The van der Waals surface area contributed by atoms with E-state index in [2.05, 4.69) is 10.2 Å². The molecule has 1 atom stereocenters. The van der Waals surface area contributed by atoms with Gasteiger partial charge in [0.15, 0.2) is 0 Å². The molecule has 0 radical (unpaired) electrons. The summed E-state index contributed by atoms with van der Waals surface area (Å²) >= 11 is 0. The van der Waals surface area contributed by atoms with Crippen LogP contribution in [0.5, 0.6) is 0 Å². The van der Waals surface area contributed by atoms with Crippen molar-refractivity contribution in [1.82, 2.24) is 10.2 Å². The smallest absolute Gasteiger partial charge is 0.231 e. The molecule has 0 aromatic carbocycles. The second-order valence-electron chi connectivity index (χ2n) is 4.06. The summed E-state index contributed by atoms with van der Waals surface area (Å²) in [6, 6.07) is 1.33. The van der Waals surface area contributed by atoms with Gasteiger partial charge in [-0.25, -0.2) is 0 Å². The lowest BCUT2D eigenvalue weighted by Crippen LogP contribution is -2.38. The van der Waals surface area contributed by atoms with Crippen molar-refractivity contribution in [2.75, 3.05) is 19.6 Å². The second-order valence-corrected chi connectivity index (χ2v) is 4.06. The lowest BCUT2D eigenvalue weighted by atomic mass is 10.2. The largest absolute Gasteiger partial charge is 0.369 e. The fourth-order valence-corrected chi connectivity index (χ4v) is 1.97. The van der Waals surface area contributed by atoms with Crippen molar-refractivity contribution < 1.29 is 4.79 Å². The number of nitrogens with two attached hydrogens (primary N) is 1. The van der Waals surface area contributed by atoms with Crippen molar-refractivity contribution in [1.29, 1.82) is 0 Å². The van der Waals surface area contributed by atoms with Gasteiger partial charge in [0.1, 0.15) is 0 Å². The maximum Gasteiger partial charge on any atom is 0.231 e. The predicted molar refractivity (Wildman–Crippen MR) is 50.2 cm³/mol. The Morgan fingerprint density at radius 1 is 1.46 bits per heavy atom. The molecule has 2 fully saturated rings. The van der Waals surface area contributed by atoms with Gasteiger partial charge < -0.3 is 11.1 Å². The molecule has 1 aliphatic heterocycles. The molecule has 1 aliphatic carbocycles. The molecule has 3 N–H and O–H groups in total. The van der Waals surface area contributed by atoms with Crippen LogP contribution in [-0.2, 0) is 4.79 Å². The number of carbonyl (C=O) groups excluding carboxylic acids is 1. The summed E-state index contributed by atoms with van der Waals surface area (Å²) in [7, 11) is 0. The average Bonchev–Trinajstić information content (AvgIpc) is 2.83. The maximum atomic E-state index is 10.5. The predicted octanol–water partition coefficient (Wildman–Crippen LogP) is -0.702. The Kier molecular flexibility index (Phi) is 2.51. The van der Waals surface area contributed by atoms with E-state index in [1.165, 1.54) is 19.4 Å². The third-order valence-electron chi connectivity index (χ3n) is 2.85. The van der Waals surface area contributed by atoms with Crippen LogP contribution >= 0.6 is 0 Å². The van der Waals surface area contributed by atoms with E-state index in [0.29, 0.717) is 12.6 Å². The molecule has 1 saturated carbocycles. The monoisotopic (exact) mass is 183 g/mol. The summed E-state index contributed by atoms with van der Waals surface area (Å²) in [5, 5.41) is 3.18. The Hall–Kier alpha value is -0.610. The molecule has 0 aromatic rings. The molecule has 1 unspecified atom stereocenters. The van der Waals surface area contributed by atoms with E-state index < -0.39 is 0 Å². The van der Waals surface area contributed by atoms with Crippen LogP contribution in [0, 0.1) is 0 Å². The number of carbonyl (C=O) groups is 1. The van der Waals surface area contributed by atoms with E-state index >= 15 is 0 Å². The molecular weight excluding hydrogens is 166 g/mol. The first-order chi connectivity index (χ1) is 6.25. The normalized spacial score (nSPS) is 29.4. The Bertz CT molecular complexity index is 203. The molecule has 0 spiro atoms. The minimum atomic E-state index is -0.259. The van der Waals surface area contributed by atoms with Crippen molar-refractivity contribution in [3.63, 3.8) is 0 Å². The van der Waals surface area contributed by atoms with Gasteiger partial charge in [-0.15, -0.1) is 0 Å². The van der Waals surface area contributed by atoms with Gasteiger partial charge in [-0.05, 0) is 19.3 Å². The van der Waals surface area contributed by atoms with Crippen molar-refractivity contribution in [3.05, 3.63) is 0 Å². The topological polar surface area (TPSA) is 58.4 Å².